The van der Waals surface area contributed by atoms with Gasteiger partial charge in [0.1, 0.15) is 0 Å². The summed E-state index contributed by atoms with van der Waals surface area (Å²) in [7, 11) is 0. The number of amides is 1. The first-order chi connectivity index (χ1) is 9.04. The topological polar surface area (TPSA) is 66.4 Å². The maximum atomic E-state index is 11.8. The Bertz CT molecular complexity index is 474. The van der Waals surface area contributed by atoms with Gasteiger partial charge in [-0.2, -0.15) is 0 Å². The van der Waals surface area contributed by atoms with Gasteiger partial charge in [-0.3, -0.25) is 9.59 Å². The van der Waals surface area contributed by atoms with E-state index in [9.17, 15) is 9.59 Å². The van der Waals surface area contributed by atoms with Crippen LogP contribution in [0.3, 0.4) is 0 Å². The molecule has 0 spiro atoms. The van der Waals surface area contributed by atoms with E-state index in [1.165, 1.54) is 11.3 Å². The molecule has 6 heteroatoms. The number of carboxylic acids is 1. The highest BCUT2D eigenvalue weighted by Crippen LogP contribution is 2.26. The van der Waals surface area contributed by atoms with Gasteiger partial charge in [0.15, 0.2) is 0 Å². The van der Waals surface area contributed by atoms with Crippen molar-refractivity contribution in [1.82, 2.24) is 5.32 Å². The van der Waals surface area contributed by atoms with Gasteiger partial charge in [0.05, 0.1) is 10.3 Å². The summed E-state index contributed by atoms with van der Waals surface area (Å²) in [5.74, 6) is -1.08. The average molecular weight is 302 g/mol. The number of hydrogen-bond donors (Lipinski definition) is 2. The Kier molecular flexibility index (Phi) is 4.82. The number of thiophene rings is 1. The first kappa shape index (κ1) is 14.3. The van der Waals surface area contributed by atoms with Crippen LogP contribution in [0, 0.1) is 5.92 Å². The van der Waals surface area contributed by atoms with Crippen LogP contribution in [-0.2, 0) is 16.0 Å². The summed E-state index contributed by atoms with van der Waals surface area (Å²) in [6.45, 7) is 0. The van der Waals surface area contributed by atoms with Gasteiger partial charge >= 0.3 is 5.97 Å². The largest absolute Gasteiger partial charge is 0.481 e. The second-order valence-corrected chi connectivity index (χ2v) is 6.62. The normalized spacial score (nSPS) is 22.4. The SMILES string of the molecule is O=C(CCc1ccc(Cl)s1)NC1CCC(C(=O)O)C1. The molecular weight excluding hydrogens is 286 g/mol. The summed E-state index contributed by atoms with van der Waals surface area (Å²) < 4.78 is 0.732. The van der Waals surface area contributed by atoms with Crippen molar-refractivity contribution in [3.05, 3.63) is 21.3 Å². The van der Waals surface area contributed by atoms with Crippen molar-refractivity contribution in [3.8, 4) is 0 Å². The van der Waals surface area contributed by atoms with Crippen molar-refractivity contribution in [2.45, 2.75) is 38.1 Å². The lowest BCUT2D eigenvalue weighted by atomic mass is 10.1. The quantitative estimate of drug-likeness (QED) is 0.879. The van der Waals surface area contributed by atoms with E-state index in [4.69, 9.17) is 16.7 Å². The summed E-state index contributed by atoms with van der Waals surface area (Å²) in [6, 6.07) is 3.77. The fraction of sp³-hybridized carbons (Fsp3) is 0.538. The summed E-state index contributed by atoms with van der Waals surface area (Å²) >= 11 is 7.31. The first-order valence-electron chi connectivity index (χ1n) is 6.31. The lowest BCUT2D eigenvalue weighted by molar-refractivity contribution is -0.141. The predicted molar refractivity (Wildman–Crippen MR) is 74.6 cm³/mol. The van der Waals surface area contributed by atoms with Gasteiger partial charge in [0, 0.05) is 17.3 Å². The van der Waals surface area contributed by atoms with Crippen molar-refractivity contribution in [2.24, 2.45) is 5.92 Å². The number of carboxylic acid groups (broad SMARTS) is 1. The molecule has 4 nitrogen and oxygen atoms in total. The van der Waals surface area contributed by atoms with Crippen LogP contribution in [-0.4, -0.2) is 23.0 Å². The fourth-order valence-corrected chi connectivity index (χ4v) is 3.45. The summed E-state index contributed by atoms with van der Waals surface area (Å²) in [5.41, 5.74) is 0. The van der Waals surface area contributed by atoms with Crippen molar-refractivity contribution < 1.29 is 14.7 Å². The number of nitrogens with one attached hydrogen (secondary N) is 1. The Morgan fingerprint density at radius 2 is 2.21 bits per heavy atom. The molecule has 1 amide bonds. The summed E-state index contributed by atoms with van der Waals surface area (Å²) in [5, 5.41) is 11.8. The first-order valence-corrected chi connectivity index (χ1v) is 7.50. The molecule has 1 aromatic rings. The smallest absolute Gasteiger partial charge is 0.306 e. The molecule has 2 unspecified atom stereocenters. The zero-order chi connectivity index (χ0) is 13.8. The third-order valence-corrected chi connectivity index (χ3v) is 4.67. The molecule has 1 aromatic heterocycles. The molecule has 1 fully saturated rings. The van der Waals surface area contributed by atoms with Crippen LogP contribution in [0.25, 0.3) is 0 Å². The highest BCUT2D eigenvalue weighted by Gasteiger charge is 2.30. The predicted octanol–water partition coefficient (Wildman–Crippen LogP) is 2.70. The number of aliphatic carboxylic acids is 1. The van der Waals surface area contributed by atoms with Gasteiger partial charge in [0.2, 0.25) is 5.91 Å². The molecule has 1 aliphatic carbocycles. The van der Waals surface area contributed by atoms with Crippen molar-refractivity contribution in [2.75, 3.05) is 0 Å². The minimum Gasteiger partial charge on any atom is -0.481 e. The van der Waals surface area contributed by atoms with Crippen LogP contribution in [0.15, 0.2) is 12.1 Å². The molecule has 2 N–H and O–H groups in total. The Labute approximate surface area is 120 Å². The number of halogens is 1. The Morgan fingerprint density at radius 1 is 1.42 bits per heavy atom. The minimum atomic E-state index is -0.759. The van der Waals surface area contributed by atoms with Crippen LogP contribution < -0.4 is 5.32 Å². The van der Waals surface area contributed by atoms with E-state index in [0.717, 1.165) is 15.6 Å². The van der Waals surface area contributed by atoms with E-state index in [-0.39, 0.29) is 17.9 Å². The molecule has 0 radical (unpaired) electrons. The van der Waals surface area contributed by atoms with E-state index < -0.39 is 5.97 Å². The van der Waals surface area contributed by atoms with Gasteiger partial charge in [0.25, 0.3) is 0 Å². The molecule has 1 heterocycles. The van der Waals surface area contributed by atoms with Crippen molar-refractivity contribution >= 4 is 34.8 Å². The molecule has 19 heavy (non-hydrogen) atoms. The summed E-state index contributed by atoms with van der Waals surface area (Å²) in [6.07, 6.45) is 3.06. The minimum absolute atomic E-state index is 0.0134. The number of rotatable bonds is 5. The average Bonchev–Trinajstić information content (AvgIpc) is 2.96. The van der Waals surface area contributed by atoms with E-state index in [2.05, 4.69) is 5.32 Å². The summed E-state index contributed by atoms with van der Waals surface area (Å²) in [4.78, 5) is 23.7. The second-order valence-electron chi connectivity index (χ2n) is 4.82. The van der Waals surface area contributed by atoms with E-state index in [1.807, 2.05) is 12.1 Å². The molecule has 0 aliphatic heterocycles. The zero-order valence-corrected chi connectivity index (χ0v) is 12.0. The zero-order valence-electron chi connectivity index (χ0n) is 10.4. The highest BCUT2D eigenvalue weighted by molar-refractivity contribution is 7.16. The monoisotopic (exact) mass is 301 g/mol. The highest BCUT2D eigenvalue weighted by atomic mass is 35.5. The molecule has 0 aromatic carbocycles. The number of aryl methyl sites for hydroxylation is 1. The number of carbonyl (C=O) groups is 2. The van der Waals surface area contributed by atoms with E-state index in [0.29, 0.717) is 25.7 Å². The van der Waals surface area contributed by atoms with Crippen LogP contribution in [0.2, 0.25) is 4.34 Å². The molecule has 1 saturated carbocycles. The molecular formula is C13H16ClNO3S. The third kappa shape index (κ3) is 4.21. The molecule has 0 bridgehead atoms. The lowest BCUT2D eigenvalue weighted by Crippen LogP contribution is -2.33. The molecule has 2 rings (SSSR count). The van der Waals surface area contributed by atoms with E-state index in [1.54, 1.807) is 0 Å². The Hall–Kier alpha value is -1.07. The maximum Gasteiger partial charge on any atom is 0.306 e. The fourth-order valence-electron chi connectivity index (χ4n) is 2.36. The van der Waals surface area contributed by atoms with Crippen LogP contribution in [0.5, 0.6) is 0 Å². The van der Waals surface area contributed by atoms with Crippen LogP contribution >= 0.6 is 22.9 Å². The van der Waals surface area contributed by atoms with E-state index >= 15 is 0 Å². The number of carbonyl (C=O) groups excluding carboxylic acids is 1. The molecule has 104 valence electrons. The lowest BCUT2D eigenvalue weighted by Gasteiger charge is -2.12. The van der Waals surface area contributed by atoms with Crippen molar-refractivity contribution in [3.63, 3.8) is 0 Å². The Balaban J connectivity index is 1.72. The van der Waals surface area contributed by atoms with Crippen molar-refractivity contribution in [1.29, 1.82) is 0 Å². The molecule has 1 aliphatic rings. The van der Waals surface area contributed by atoms with Crippen LogP contribution in [0.1, 0.15) is 30.6 Å². The standard InChI is InChI=1S/C13H16ClNO3S/c14-11-5-3-10(19-11)4-6-12(16)15-9-2-1-8(7-9)13(17)18/h3,5,8-9H,1-2,4,6-7H2,(H,15,16)(H,17,18). The van der Waals surface area contributed by atoms with Gasteiger partial charge in [-0.25, -0.2) is 0 Å². The van der Waals surface area contributed by atoms with Crippen LogP contribution in [0.4, 0.5) is 0 Å². The van der Waals surface area contributed by atoms with Gasteiger partial charge < -0.3 is 10.4 Å². The molecule has 0 saturated heterocycles. The number of hydrogen-bond acceptors (Lipinski definition) is 3. The maximum absolute atomic E-state index is 11.8. The third-order valence-electron chi connectivity index (χ3n) is 3.37. The van der Waals surface area contributed by atoms with Gasteiger partial charge in [-0.05, 0) is 37.8 Å². The van der Waals surface area contributed by atoms with Gasteiger partial charge in [-0.1, -0.05) is 11.6 Å². The Morgan fingerprint density at radius 3 is 2.79 bits per heavy atom. The second kappa shape index (κ2) is 6.39. The molecule has 2 atom stereocenters. The van der Waals surface area contributed by atoms with Gasteiger partial charge in [-0.15, -0.1) is 11.3 Å².